The van der Waals surface area contributed by atoms with E-state index < -0.39 is 5.91 Å². The monoisotopic (exact) mass is 473 g/mol. The van der Waals surface area contributed by atoms with Crippen molar-refractivity contribution in [2.45, 2.75) is 20.2 Å². The number of anilines is 1. The number of carbonyl (C=O) groups excluding carboxylic acids is 1. The van der Waals surface area contributed by atoms with Crippen LogP contribution in [-0.2, 0) is 13.3 Å². The largest absolute Gasteiger partial charge is 0.470 e. The third kappa shape index (κ3) is 4.92. The van der Waals surface area contributed by atoms with Crippen molar-refractivity contribution < 1.29 is 13.9 Å². The van der Waals surface area contributed by atoms with Gasteiger partial charge in [-0.15, -0.1) is 0 Å². The molecule has 0 saturated carbocycles. The summed E-state index contributed by atoms with van der Waals surface area (Å²) in [5.41, 5.74) is 1.48. The molecule has 2 aromatic carbocycles. The third-order valence-corrected chi connectivity index (χ3v) is 5.44. The van der Waals surface area contributed by atoms with Crippen molar-refractivity contribution >= 4 is 34.9 Å². The van der Waals surface area contributed by atoms with E-state index in [1.807, 2.05) is 6.92 Å². The highest BCUT2D eigenvalue weighted by atomic mass is 35.5. The van der Waals surface area contributed by atoms with Gasteiger partial charge in [-0.05, 0) is 31.2 Å². The van der Waals surface area contributed by atoms with Crippen LogP contribution in [0.4, 0.5) is 10.2 Å². The van der Waals surface area contributed by atoms with Crippen molar-refractivity contribution in [2.24, 2.45) is 0 Å². The van der Waals surface area contributed by atoms with Crippen molar-refractivity contribution in [3.8, 4) is 5.75 Å². The molecular weight excluding hydrogens is 456 g/mol. The zero-order valence-electron chi connectivity index (χ0n) is 16.9. The van der Waals surface area contributed by atoms with E-state index in [0.29, 0.717) is 27.2 Å². The fourth-order valence-corrected chi connectivity index (χ4v) is 3.33. The highest BCUT2D eigenvalue weighted by molar-refractivity contribution is 6.42. The molecule has 0 fully saturated rings. The SMILES string of the molecule is Cc1cc(NC(=O)c2ccn(COc3cccc(Cl)c3Cl)n2)nn1Cc1ccccc1F. The second-order valence-electron chi connectivity index (χ2n) is 6.94. The maximum atomic E-state index is 13.9. The van der Waals surface area contributed by atoms with Crippen LogP contribution in [-0.4, -0.2) is 25.5 Å². The highest BCUT2D eigenvalue weighted by Crippen LogP contribution is 2.31. The molecule has 4 rings (SSSR count). The molecule has 32 heavy (non-hydrogen) atoms. The molecule has 0 spiro atoms. The van der Waals surface area contributed by atoms with Gasteiger partial charge in [0, 0.05) is 23.5 Å². The van der Waals surface area contributed by atoms with Gasteiger partial charge in [-0.2, -0.15) is 10.2 Å². The number of carbonyl (C=O) groups is 1. The first kappa shape index (κ1) is 21.9. The average Bonchev–Trinajstić information content (AvgIpc) is 3.37. The molecule has 1 amide bonds. The first-order valence-electron chi connectivity index (χ1n) is 9.60. The van der Waals surface area contributed by atoms with Gasteiger partial charge in [0.1, 0.15) is 16.6 Å². The summed E-state index contributed by atoms with van der Waals surface area (Å²) in [6.07, 6.45) is 1.61. The van der Waals surface area contributed by atoms with Crippen LogP contribution in [0.3, 0.4) is 0 Å². The predicted octanol–water partition coefficient (Wildman–Crippen LogP) is 5.17. The van der Waals surface area contributed by atoms with Gasteiger partial charge in [0.05, 0.1) is 11.6 Å². The van der Waals surface area contributed by atoms with E-state index in [1.54, 1.807) is 59.4 Å². The van der Waals surface area contributed by atoms with Crippen LogP contribution in [0.15, 0.2) is 60.8 Å². The molecule has 0 aliphatic heterocycles. The van der Waals surface area contributed by atoms with Gasteiger partial charge in [0.15, 0.2) is 18.2 Å². The standard InChI is InChI=1S/C22H18Cl2FN5O2/c1-14-11-20(28-30(14)12-15-5-2-3-7-17(15)25)26-22(31)18-9-10-29(27-18)13-32-19-8-4-6-16(23)21(19)24/h2-11H,12-13H2,1H3,(H,26,28,31). The number of aryl methyl sites for hydroxylation is 1. The lowest BCUT2D eigenvalue weighted by Crippen LogP contribution is -2.15. The lowest BCUT2D eigenvalue weighted by molar-refractivity contribution is 0.101. The fourth-order valence-electron chi connectivity index (χ4n) is 2.99. The molecule has 10 heteroatoms. The Labute approximate surface area is 193 Å². The summed E-state index contributed by atoms with van der Waals surface area (Å²) in [5.74, 6) is 0.0248. The normalized spacial score (nSPS) is 10.9. The molecule has 2 heterocycles. The zero-order chi connectivity index (χ0) is 22.7. The first-order chi connectivity index (χ1) is 15.4. The number of amides is 1. The Hall–Kier alpha value is -3.36. The van der Waals surface area contributed by atoms with Crippen molar-refractivity contribution in [2.75, 3.05) is 5.32 Å². The van der Waals surface area contributed by atoms with Crippen LogP contribution in [0.25, 0.3) is 0 Å². The van der Waals surface area contributed by atoms with Crippen LogP contribution in [0.5, 0.6) is 5.75 Å². The minimum absolute atomic E-state index is 0.0454. The maximum Gasteiger partial charge on any atom is 0.277 e. The van der Waals surface area contributed by atoms with Crippen LogP contribution in [0, 0.1) is 12.7 Å². The van der Waals surface area contributed by atoms with E-state index in [9.17, 15) is 9.18 Å². The molecule has 0 unspecified atom stereocenters. The third-order valence-electron chi connectivity index (χ3n) is 4.64. The van der Waals surface area contributed by atoms with Crippen molar-refractivity contribution in [3.63, 3.8) is 0 Å². The van der Waals surface area contributed by atoms with E-state index in [1.165, 1.54) is 10.7 Å². The Morgan fingerprint density at radius 1 is 1.12 bits per heavy atom. The van der Waals surface area contributed by atoms with Gasteiger partial charge in [-0.25, -0.2) is 9.07 Å². The van der Waals surface area contributed by atoms with Gasteiger partial charge in [0.25, 0.3) is 5.91 Å². The fraction of sp³-hybridized carbons (Fsp3) is 0.136. The van der Waals surface area contributed by atoms with E-state index in [4.69, 9.17) is 27.9 Å². The summed E-state index contributed by atoms with van der Waals surface area (Å²) in [5, 5.41) is 11.9. The molecule has 2 aromatic heterocycles. The van der Waals surface area contributed by atoms with E-state index >= 15 is 0 Å². The average molecular weight is 474 g/mol. The molecule has 0 aliphatic rings. The Balaban J connectivity index is 1.39. The number of nitrogens with one attached hydrogen (secondary N) is 1. The van der Waals surface area contributed by atoms with Gasteiger partial charge in [0.2, 0.25) is 0 Å². The van der Waals surface area contributed by atoms with E-state index in [2.05, 4.69) is 15.5 Å². The number of nitrogens with zero attached hydrogens (tertiary/aromatic N) is 4. The minimum atomic E-state index is -0.430. The molecule has 0 radical (unpaired) electrons. The number of ether oxygens (including phenoxy) is 1. The smallest absolute Gasteiger partial charge is 0.277 e. The highest BCUT2D eigenvalue weighted by Gasteiger charge is 2.14. The molecule has 1 N–H and O–H groups in total. The molecular formula is C22H18Cl2FN5O2. The molecule has 7 nitrogen and oxygen atoms in total. The maximum absolute atomic E-state index is 13.9. The number of hydrogen-bond acceptors (Lipinski definition) is 4. The summed E-state index contributed by atoms with van der Waals surface area (Å²) in [7, 11) is 0. The van der Waals surface area contributed by atoms with Crippen molar-refractivity contribution in [1.82, 2.24) is 19.6 Å². The summed E-state index contributed by atoms with van der Waals surface area (Å²) in [6, 6.07) is 14.8. The Morgan fingerprint density at radius 3 is 2.75 bits per heavy atom. The lowest BCUT2D eigenvalue weighted by atomic mass is 10.2. The van der Waals surface area contributed by atoms with E-state index in [0.717, 1.165) is 5.69 Å². The number of benzene rings is 2. The van der Waals surface area contributed by atoms with Gasteiger partial charge >= 0.3 is 0 Å². The summed E-state index contributed by atoms with van der Waals surface area (Å²) in [6.45, 7) is 2.13. The second-order valence-corrected chi connectivity index (χ2v) is 7.73. The lowest BCUT2D eigenvalue weighted by Gasteiger charge is -2.08. The first-order valence-corrected chi connectivity index (χ1v) is 10.4. The van der Waals surface area contributed by atoms with Gasteiger partial charge in [-0.1, -0.05) is 47.5 Å². The Bertz CT molecular complexity index is 1270. The molecule has 0 aliphatic carbocycles. The minimum Gasteiger partial charge on any atom is -0.470 e. The second kappa shape index (κ2) is 9.42. The van der Waals surface area contributed by atoms with E-state index in [-0.39, 0.29) is 24.8 Å². The van der Waals surface area contributed by atoms with Gasteiger partial charge < -0.3 is 10.1 Å². The predicted molar refractivity (Wildman–Crippen MR) is 120 cm³/mol. The molecule has 164 valence electrons. The van der Waals surface area contributed by atoms with Crippen LogP contribution in [0.2, 0.25) is 10.0 Å². The summed E-state index contributed by atoms with van der Waals surface area (Å²) >= 11 is 12.1. The quantitative estimate of drug-likeness (QED) is 0.401. The number of aromatic nitrogens is 4. The molecule has 0 saturated heterocycles. The molecule has 0 atom stereocenters. The molecule has 4 aromatic rings. The molecule has 0 bridgehead atoms. The number of halogens is 3. The van der Waals surface area contributed by atoms with Crippen molar-refractivity contribution in [1.29, 1.82) is 0 Å². The Morgan fingerprint density at radius 2 is 1.94 bits per heavy atom. The van der Waals surface area contributed by atoms with Crippen molar-refractivity contribution in [3.05, 3.63) is 93.6 Å². The van der Waals surface area contributed by atoms with Crippen LogP contribution in [0.1, 0.15) is 21.7 Å². The number of hydrogen-bond donors (Lipinski definition) is 1. The van der Waals surface area contributed by atoms with Gasteiger partial charge in [-0.3, -0.25) is 9.48 Å². The van der Waals surface area contributed by atoms with Crippen LogP contribution >= 0.6 is 23.2 Å². The summed E-state index contributed by atoms with van der Waals surface area (Å²) < 4.78 is 22.6. The Kier molecular flexibility index (Phi) is 6.43. The summed E-state index contributed by atoms with van der Waals surface area (Å²) in [4.78, 5) is 12.6. The topological polar surface area (TPSA) is 74.0 Å². The number of rotatable bonds is 7. The van der Waals surface area contributed by atoms with Crippen LogP contribution < -0.4 is 10.1 Å². The zero-order valence-corrected chi connectivity index (χ0v) is 18.4.